The second-order valence-electron chi connectivity index (χ2n) is 8.98. The van der Waals surface area contributed by atoms with Crippen molar-refractivity contribution in [2.75, 3.05) is 46.3 Å². The first-order chi connectivity index (χ1) is 14.5. The number of piperazine rings is 1. The number of hydrogen-bond donors (Lipinski definition) is 0. The molecule has 0 N–H and O–H groups in total. The number of carbonyl (C=O) groups excluding carboxylic acids is 1. The lowest BCUT2D eigenvalue weighted by Crippen LogP contribution is -2.43. The summed E-state index contributed by atoms with van der Waals surface area (Å²) in [5.74, 6) is 0.839. The summed E-state index contributed by atoms with van der Waals surface area (Å²) < 4.78 is 0. The number of rotatable bonds is 5. The third-order valence-corrected chi connectivity index (χ3v) is 7.61. The first kappa shape index (κ1) is 21.5. The molecule has 2 aromatic rings. The summed E-state index contributed by atoms with van der Waals surface area (Å²) in [5, 5.41) is 0.974. The molecule has 0 aliphatic carbocycles. The monoisotopic (exact) mass is 426 g/mol. The molecule has 0 spiro atoms. The molecule has 0 bridgehead atoms. The zero-order valence-electron chi connectivity index (χ0n) is 18.6. The number of thiazole rings is 1. The van der Waals surface area contributed by atoms with Gasteiger partial charge < -0.3 is 9.80 Å². The van der Waals surface area contributed by atoms with E-state index in [1.807, 2.05) is 18.7 Å². The molecule has 2 saturated heterocycles. The van der Waals surface area contributed by atoms with Crippen LogP contribution in [0.4, 0.5) is 0 Å². The quantitative estimate of drug-likeness (QED) is 0.732. The average Bonchev–Trinajstić information content (AvgIpc) is 3.09. The van der Waals surface area contributed by atoms with Crippen molar-refractivity contribution in [1.82, 2.24) is 19.7 Å². The summed E-state index contributed by atoms with van der Waals surface area (Å²) in [6.45, 7) is 11.4. The minimum Gasteiger partial charge on any atom is -0.338 e. The molecule has 0 radical (unpaired) electrons. The van der Waals surface area contributed by atoms with Gasteiger partial charge in [-0.25, -0.2) is 4.98 Å². The predicted octanol–water partition coefficient (Wildman–Crippen LogP) is 3.60. The third-order valence-electron chi connectivity index (χ3n) is 6.55. The summed E-state index contributed by atoms with van der Waals surface area (Å²) in [5.41, 5.74) is 3.72. The zero-order valence-corrected chi connectivity index (χ0v) is 19.4. The molecule has 30 heavy (non-hydrogen) atoms. The normalized spacial score (nSPS) is 19.4. The van der Waals surface area contributed by atoms with Crippen LogP contribution in [-0.2, 0) is 13.0 Å². The van der Waals surface area contributed by atoms with Crippen LogP contribution >= 0.6 is 11.3 Å². The van der Waals surface area contributed by atoms with Crippen LogP contribution < -0.4 is 0 Å². The lowest BCUT2D eigenvalue weighted by molar-refractivity contribution is 0.0694. The van der Waals surface area contributed by atoms with E-state index in [-0.39, 0.29) is 5.91 Å². The van der Waals surface area contributed by atoms with Gasteiger partial charge >= 0.3 is 0 Å². The standard InChI is InChI=1S/C24H34N4OS/c1-18-23(30-19(2)25-18)24(29)28-10-8-21(9-11-28)16-20-4-6-22(7-5-20)17-27-14-12-26(3)13-15-27/h4-7,21H,8-17H2,1-3H3. The van der Waals surface area contributed by atoms with E-state index in [4.69, 9.17) is 0 Å². The average molecular weight is 427 g/mol. The van der Waals surface area contributed by atoms with E-state index in [0.717, 1.165) is 67.6 Å². The summed E-state index contributed by atoms with van der Waals surface area (Å²) >= 11 is 1.53. The van der Waals surface area contributed by atoms with E-state index in [0.29, 0.717) is 5.92 Å². The number of benzene rings is 1. The van der Waals surface area contributed by atoms with E-state index >= 15 is 0 Å². The maximum absolute atomic E-state index is 12.8. The highest BCUT2D eigenvalue weighted by atomic mass is 32.1. The van der Waals surface area contributed by atoms with Gasteiger partial charge in [0.1, 0.15) is 4.88 Å². The second kappa shape index (κ2) is 9.58. The Morgan fingerprint density at radius 3 is 2.23 bits per heavy atom. The first-order valence-electron chi connectivity index (χ1n) is 11.2. The molecular weight excluding hydrogens is 392 g/mol. The summed E-state index contributed by atoms with van der Waals surface area (Å²) in [4.78, 5) is 25.0. The molecular formula is C24H34N4OS. The molecule has 1 amide bonds. The van der Waals surface area contributed by atoms with Crippen molar-refractivity contribution in [3.63, 3.8) is 0 Å². The number of nitrogens with zero attached hydrogens (tertiary/aromatic N) is 4. The Bertz CT molecular complexity index is 847. The van der Waals surface area contributed by atoms with Gasteiger partial charge in [-0.15, -0.1) is 11.3 Å². The fraction of sp³-hybridized carbons (Fsp3) is 0.583. The van der Waals surface area contributed by atoms with Crippen LogP contribution in [0.15, 0.2) is 24.3 Å². The van der Waals surface area contributed by atoms with Crippen molar-refractivity contribution in [3.05, 3.63) is 51.0 Å². The van der Waals surface area contributed by atoms with Crippen LogP contribution in [-0.4, -0.2) is 71.9 Å². The van der Waals surface area contributed by atoms with E-state index in [1.165, 1.54) is 35.6 Å². The number of amides is 1. The molecule has 162 valence electrons. The topological polar surface area (TPSA) is 39.7 Å². The Kier molecular flexibility index (Phi) is 6.86. The Morgan fingerprint density at radius 1 is 1.00 bits per heavy atom. The molecule has 0 unspecified atom stereocenters. The van der Waals surface area contributed by atoms with Crippen molar-refractivity contribution in [2.24, 2.45) is 5.92 Å². The van der Waals surface area contributed by atoms with Gasteiger partial charge in [-0.2, -0.15) is 0 Å². The van der Waals surface area contributed by atoms with E-state index < -0.39 is 0 Å². The van der Waals surface area contributed by atoms with Gasteiger partial charge in [0.05, 0.1) is 10.7 Å². The minimum absolute atomic E-state index is 0.171. The molecule has 6 heteroatoms. The molecule has 5 nitrogen and oxygen atoms in total. The minimum atomic E-state index is 0.171. The smallest absolute Gasteiger partial charge is 0.265 e. The first-order valence-corrected chi connectivity index (χ1v) is 12.0. The maximum Gasteiger partial charge on any atom is 0.265 e. The molecule has 0 atom stereocenters. The third kappa shape index (κ3) is 5.29. The SMILES string of the molecule is Cc1nc(C)c(C(=O)N2CCC(Cc3ccc(CN4CCN(C)CC4)cc3)CC2)s1. The van der Waals surface area contributed by atoms with E-state index in [1.54, 1.807) is 0 Å². The van der Waals surface area contributed by atoms with Crippen molar-refractivity contribution < 1.29 is 4.79 Å². The fourth-order valence-corrected chi connectivity index (χ4v) is 5.48. The number of aryl methyl sites for hydroxylation is 2. The van der Waals surface area contributed by atoms with E-state index in [9.17, 15) is 4.79 Å². The molecule has 1 aromatic heterocycles. The van der Waals surface area contributed by atoms with Gasteiger partial charge in [0.15, 0.2) is 0 Å². The molecule has 2 aliphatic heterocycles. The Morgan fingerprint density at radius 2 is 1.63 bits per heavy atom. The van der Waals surface area contributed by atoms with Gasteiger partial charge in [0.2, 0.25) is 0 Å². The summed E-state index contributed by atoms with van der Waals surface area (Å²) in [7, 11) is 2.20. The molecule has 4 rings (SSSR count). The molecule has 2 fully saturated rings. The second-order valence-corrected chi connectivity index (χ2v) is 10.2. The highest BCUT2D eigenvalue weighted by Crippen LogP contribution is 2.26. The molecule has 0 saturated carbocycles. The van der Waals surface area contributed by atoms with Gasteiger partial charge in [-0.3, -0.25) is 9.69 Å². The highest BCUT2D eigenvalue weighted by Gasteiger charge is 2.26. The fourth-order valence-electron chi connectivity index (χ4n) is 4.59. The van der Waals surface area contributed by atoms with Crippen LogP contribution in [0.25, 0.3) is 0 Å². The number of likely N-dealkylation sites (N-methyl/N-ethyl adjacent to an activating group) is 1. The number of aromatic nitrogens is 1. The summed E-state index contributed by atoms with van der Waals surface area (Å²) in [6, 6.07) is 9.24. The number of hydrogen-bond acceptors (Lipinski definition) is 5. The van der Waals surface area contributed by atoms with Gasteiger partial charge in [0, 0.05) is 45.8 Å². The number of carbonyl (C=O) groups is 1. The van der Waals surface area contributed by atoms with Crippen LogP contribution in [0.5, 0.6) is 0 Å². The van der Waals surface area contributed by atoms with Gasteiger partial charge in [0.25, 0.3) is 5.91 Å². The van der Waals surface area contributed by atoms with Crippen LogP contribution in [0, 0.1) is 19.8 Å². The summed E-state index contributed by atoms with van der Waals surface area (Å²) in [6.07, 6.45) is 3.30. The van der Waals surface area contributed by atoms with Crippen molar-refractivity contribution in [1.29, 1.82) is 0 Å². The largest absolute Gasteiger partial charge is 0.338 e. The van der Waals surface area contributed by atoms with Crippen molar-refractivity contribution in [2.45, 2.75) is 39.7 Å². The zero-order chi connectivity index (χ0) is 21.1. The van der Waals surface area contributed by atoms with Crippen LogP contribution in [0.3, 0.4) is 0 Å². The predicted molar refractivity (Wildman–Crippen MR) is 123 cm³/mol. The molecule has 2 aliphatic rings. The van der Waals surface area contributed by atoms with Crippen LogP contribution in [0.2, 0.25) is 0 Å². The van der Waals surface area contributed by atoms with Crippen LogP contribution in [0.1, 0.15) is 44.3 Å². The highest BCUT2D eigenvalue weighted by molar-refractivity contribution is 7.13. The lowest BCUT2D eigenvalue weighted by atomic mass is 9.90. The Hall–Kier alpha value is -1.76. The van der Waals surface area contributed by atoms with Crippen molar-refractivity contribution >= 4 is 17.2 Å². The van der Waals surface area contributed by atoms with Crippen molar-refractivity contribution in [3.8, 4) is 0 Å². The Balaban J connectivity index is 1.25. The van der Waals surface area contributed by atoms with Gasteiger partial charge in [-0.1, -0.05) is 24.3 Å². The number of piperidine rings is 1. The van der Waals surface area contributed by atoms with Gasteiger partial charge in [-0.05, 0) is 57.2 Å². The van der Waals surface area contributed by atoms with E-state index in [2.05, 4.69) is 46.1 Å². The molecule has 1 aromatic carbocycles. The lowest BCUT2D eigenvalue weighted by Gasteiger charge is -2.32. The molecule has 3 heterocycles. The number of likely N-dealkylation sites (tertiary alicyclic amines) is 1. The maximum atomic E-state index is 12.8. The Labute approximate surface area is 184 Å².